The van der Waals surface area contributed by atoms with E-state index in [9.17, 15) is 4.79 Å². The summed E-state index contributed by atoms with van der Waals surface area (Å²) < 4.78 is 1.03. The Bertz CT molecular complexity index is 595. The van der Waals surface area contributed by atoms with Crippen LogP contribution >= 0.6 is 27.3 Å². The van der Waals surface area contributed by atoms with Gasteiger partial charge in [-0.15, -0.1) is 11.3 Å². The first-order valence-electron chi connectivity index (χ1n) is 6.33. The van der Waals surface area contributed by atoms with Crippen LogP contribution in [0.5, 0.6) is 0 Å². The van der Waals surface area contributed by atoms with Crippen molar-refractivity contribution in [2.75, 3.05) is 11.9 Å². The number of benzene rings is 1. The maximum atomic E-state index is 11.7. The standard InChI is InChI=1S/C14H16BrN3OS/c1-9-13(10-4-6-11(15)7-5-10)18-14(20-9)17-12(19)3-2-8-16/h4-7H,2-3,8,16H2,1H3,(H,17,18,19). The highest BCUT2D eigenvalue weighted by Crippen LogP contribution is 2.31. The zero-order valence-electron chi connectivity index (χ0n) is 11.1. The largest absolute Gasteiger partial charge is 0.330 e. The van der Waals surface area contributed by atoms with Crippen LogP contribution in [-0.4, -0.2) is 17.4 Å². The number of thiazole rings is 1. The fourth-order valence-corrected chi connectivity index (χ4v) is 2.89. The Balaban J connectivity index is 2.13. The minimum absolute atomic E-state index is 0.0356. The number of halogens is 1. The van der Waals surface area contributed by atoms with Crippen molar-refractivity contribution in [1.29, 1.82) is 0 Å². The Morgan fingerprint density at radius 3 is 2.75 bits per heavy atom. The smallest absolute Gasteiger partial charge is 0.226 e. The third kappa shape index (κ3) is 3.88. The van der Waals surface area contributed by atoms with Crippen molar-refractivity contribution in [1.82, 2.24) is 4.98 Å². The second kappa shape index (κ2) is 6.97. The van der Waals surface area contributed by atoms with E-state index in [-0.39, 0.29) is 5.91 Å². The van der Waals surface area contributed by atoms with Gasteiger partial charge in [0.2, 0.25) is 5.91 Å². The molecule has 0 aliphatic carbocycles. The van der Waals surface area contributed by atoms with Gasteiger partial charge in [-0.3, -0.25) is 4.79 Å². The fourth-order valence-electron chi connectivity index (χ4n) is 1.77. The molecule has 20 heavy (non-hydrogen) atoms. The summed E-state index contributed by atoms with van der Waals surface area (Å²) in [7, 11) is 0. The molecule has 1 aromatic carbocycles. The molecule has 2 aromatic rings. The molecular formula is C14H16BrN3OS. The number of carbonyl (C=O) groups is 1. The van der Waals surface area contributed by atoms with E-state index in [0.29, 0.717) is 24.5 Å². The van der Waals surface area contributed by atoms with E-state index in [4.69, 9.17) is 5.73 Å². The number of aryl methyl sites for hydroxylation is 1. The van der Waals surface area contributed by atoms with Crippen LogP contribution in [0.15, 0.2) is 28.7 Å². The van der Waals surface area contributed by atoms with Crippen LogP contribution in [0.3, 0.4) is 0 Å². The third-order valence-corrected chi connectivity index (χ3v) is 4.18. The number of carbonyl (C=O) groups excluding carboxylic acids is 1. The summed E-state index contributed by atoms with van der Waals surface area (Å²) in [4.78, 5) is 17.2. The molecule has 0 radical (unpaired) electrons. The van der Waals surface area contributed by atoms with Crippen molar-refractivity contribution in [3.05, 3.63) is 33.6 Å². The molecule has 0 unspecified atom stereocenters. The highest BCUT2D eigenvalue weighted by atomic mass is 79.9. The molecular weight excluding hydrogens is 338 g/mol. The molecule has 0 fully saturated rings. The molecule has 0 bridgehead atoms. The lowest BCUT2D eigenvalue weighted by Gasteiger charge is -2.00. The number of amides is 1. The molecule has 1 amide bonds. The van der Waals surface area contributed by atoms with Crippen molar-refractivity contribution >= 4 is 38.3 Å². The first kappa shape index (κ1) is 15.2. The third-order valence-electron chi connectivity index (χ3n) is 2.77. The number of hydrogen-bond acceptors (Lipinski definition) is 4. The molecule has 2 rings (SSSR count). The maximum absolute atomic E-state index is 11.7. The Morgan fingerprint density at radius 2 is 2.10 bits per heavy atom. The number of anilines is 1. The van der Waals surface area contributed by atoms with Crippen LogP contribution in [0.25, 0.3) is 11.3 Å². The summed E-state index contributed by atoms with van der Waals surface area (Å²) in [5, 5.41) is 3.46. The average molecular weight is 354 g/mol. The Hall–Kier alpha value is -1.24. The van der Waals surface area contributed by atoms with Gasteiger partial charge in [-0.25, -0.2) is 4.98 Å². The van der Waals surface area contributed by atoms with Crippen molar-refractivity contribution in [2.24, 2.45) is 5.73 Å². The predicted molar refractivity (Wildman–Crippen MR) is 86.9 cm³/mol. The summed E-state index contributed by atoms with van der Waals surface area (Å²) in [6.07, 6.45) is 1.12. The average Bonchev–Trinajstić information content (AvgIpc) is 2.78. The second-order valence-electron chi connectivity index (χ2n) is 4.37. The summed E-state index contributed by atoms with van der Waals surface area (Å²) in [5.41, 5.74) is 7.35. The lowest BCUT2D eigenvalue weighted by atomic mass is 10.1. The van der Waals surface area contributed by atoms with Crippen LogP contribution in [-0.2, 0) is 4.79 Å². The highest BCUT2D eigenvalue weighted by Gasteiger charge is 2.11. The summed E-state index contributed by atoms with van der Waals surface area (Å²) in [6, 6.07) is 7.97. The monoisotopic (exact) mass is 353 g/mol. The van der Waals surface area contributed by atoms with Crippen molar-refractivity contribution < 1.29 is 4.79 Å². The van der Waals surface area contributed by atoms with Gasteiger partial charge in [0.25, 0.3) is 0 Å². The van der Waals surface area contributed by atoms with E-state index in [1.54, 1.807) is 0 Å². The van der Waals surface area contributed by atoms with E-state index >= 15 is 0 Å². The highest BCUT2D eigenvalue weighted by molar-refractivity contribution is 9.10. The minimum atomic E-state index is -0.0356. The molecule has 1 aromatic heterocycles. The lowest BCUT2D eigenvalue weighted by molar-refractivity contribution is -0.116. The van der Waals surface area contributed by atoms with Gasteiger partial charge in [-0.05, 0) is 32.0 Å². The van der Waals surface area contributed by atoms with Gasteiger partial charge in [0, 0.05) is 21.3 Å². The molecule has 0 aliphatic heterocycles. The lowest BCUT2D eigenvalue weighted by Crippen LogP contribution is -2.13. The van der Waals surface area contributed by atoms with Crippen LogP contribution in [0, 0.1) is 6.92 Å². The van der Waals surface area contributed by atoms with Crippen LogP contribution in [0.2, 0.25) is 0 Å². The summed E-state index contributed by atoms with van der Waals surface area (Å²) >= 11 is 4.90. The molecule has 1 heterocycles. The van der Waals surface area contributed by atoms with Crippen molar-refractivity contribution in [3.63, 3.8) is 0 Å². The fraction of sp³-hybridized carbons (Fsp3) is 0.286. The van der Waals surface area contributed by atoms with Crippen molar-refractivity contribution in [3.8, 4) is 11.3 Å². The second-order valence-corrected chi connectivity index (χ2v) is 6.49. The number of nitrogens with zero attached hydrogens (tertiary/aromatic N) is 1. The molecule has 106 valence electrons. The van der Waals surface area contributed by atoms with Crippen LogP contribution in [0.4, 0.5) is 5.13 Å². The molecule has 0 atom stereocenters. The normalized spacial score (nSPS) is 10.6. The molecule has 0 saturated carbocycles. The van der Waals surface area contributed by atoms with Crippen LogP contribution in [0.1, 0.15) is 17.7 Å². The SMILES string of the molecule is Cc1sc(NC(=O)CCCN)nc1-c1ccc(Br)cc1. The molecule has 0 spiro atoms. The summed E-state index contributed by atoms with van der Waals surface area (Å²) in [6.45, 7) is 2.53. The molecule has 3 N–H and O–H groups in total. The maximum Gasteiger partial charge on any atom is 0.226 e. The van der Waals surface area contributed by atoms with Crippen molar-refractivity contribution in [2.45, 2.75) is 19.8 Å². The van der Waals surface area contributed by atoms with E-state index in [1.807, 2.05) is 31.2 Å². The predicted octanol–water partition coefficient (Wildman–Crippen LogP) is 3.56. The molecule has 4 nitrogen and oxygen atoms in total. The zero-order chi connectivity index (χ0) is 14.5. The first-order valence-corrected chi connectivity index (χ1v) is 7.94. The van der Waals surface area contributed by atoms with E-state index in [0.717, 1.165) is 20.6 Å². The van der Waals surface area contributed by atoms with E-state index in [2.05, 4.69) is 26.2 Å². The quantitative estimate of drug-likeness (QED) is 0.863. The number of aromatic nitrogens is 1. The minimum Gasteiger partial charge on any atom is -0.330 e. The summed E-state index contributed by atoms with van der Waals surface area (Å²) in [5.74, 6) is -0.0356. The molecule has 0 aliphatic rings. The van der Waals surface area contributed by atoms with Gasteiger partial charge in [0.1, 0.15) is 0 Å². The Morgan fingerprint density at radius 1 is 1.40 bits per heavy atom. The van der Waals surface area contributed by atoms with Gasteiger partial charge in [0.05, 0.1) is 5.69 Å². The number of rotatable bonds is 5. The number of hydrogen-bond donors (Lipinski definition) is 2. The van der Waals surface area contributed by atoms with Gasteiger partial charge in [0.15, 0.2) is 5.13 Å². The van der Waals surface area contributed by atoms with Gasteiger partial charge in [-0.1, -0.05) is 28.1 Å². The number of nitrogens with two attached hydrogens (primary N) is 1. The van der Waals surface area contributed by atoms with Crippen LogP contribution < -0.4 is 11.1 Å². The van der Waals surface area contributed by atoms with Gasteiger partial charge in [-0.2, -0.15) is 0 Å². The van der Waals surface area contributed by atoms with E-state index < -0.39 is 0 Å². The Labute approximate surface area is 130 Å². The topological polar surface area (TPSA) is 68.0 Å². The van der Waals surface area contributed by atoms with Gasteiger partial charge >= 0.3 is 0 Å². The first-order chi connectivity index (χ1) is 9.60. The molecule has 6 heteroatoms. The Kier molecular flexibility index (Phi) is 5.28. The number of nitrogens with one attached hydrogen (secondary N) is 1. The van der Waals surface area contributed by atoms with E-state index in [1.165, 1.54) is 11.3 Å². The zero-order valence-corrected chi connectivity index (χ0v) is 13.6. The molecule has 0 saturated heterocycles. The van der Waals surface area contributed by atoms with Gasteiger partial charge < -0.3 is 11.1 Å².